The van der Waals surface area contributed by atoms with E-state index in [0.717, 1.165) is 17.9 Å². The molecule has 0 bridgehead atoms. The lowest BCUT2D eigenvalue weighted by atomic mass is 10.0. The quantitative estimate of drug-likeness (QED) is 0.781. The molecule has 0 aromatic heterocycles. The predicted octanol–water partition coefficient (Wildman–Crippen LogP) is 3.69. The summed E-state index contributed by atoms with van der Waals surface area (Å²) in [7, 11) is 0. The van der Waals surface area contributed by atoms with Gasteiger partial charge in [-0.1, -0.05) is 17.7 Å². The minimum Gasteiger partial charge on any atom is -0.300 e. The summed E-state index contributed by atoms with van der Waals surface area (Å²) in [4.78, 5) is 2.69. The molecule has 0 N–H and O–H groups in total. The number of hydrogen-bond acceptors (Lipinski definition) is 1. The first-order chi connectivity index (χ1) is 8.63. The Bertz CT molecular complexity index is 417. The highest BCUT2D eigenvalue weighted by molar-refractivity contribution is 5.33. The standard InChI is InChI=1S/C17H24N/c1-12-7-13(2)9-15(8-12)17-10-16(17)11-18-6-4-5-14(18)3/h7-8,14,16-17H,4-6,10-11H2,1-3H3/t14-,16+,17+/m0/s1. The number of benzene rings is 1. The van der Waals surface area contributed by atoms with Gasteiger partial charge in [-0.25, -0.2) is 0 Å². The zero-order valence-electron chi connectivity index (χ0n) is 11.9. The van der Waals surface area contributed by atoms with Crippen molar-refractivity contribution >= 4 is 0 Å². The lowest BCUT2D eigenvalue weighted by molar-refractivity contribution is 0.256. The second kappa shape index (κ2) is 4.70. The van der Waals surface area contributed by atoms with E-state index in [9.17, 15) is 0 Å². The molecular weight excluding hydrogens is 218 g/mol. The van der Waals surface area contributed by atoms with E-state index in [-0.39, 0.29) is 0 Å². The molecule has 2 fully saturated rings. The second-order valence-electron chi connectivity index (χ2n) is 6.38. The Labute approximate surface area is 111 Å². The maximum atomic E-state index is 3.56. The Morgan fingerprint density at radius 3 is 2.83 bits per heavy atom. The minimum absolute atomic E-state index is 0.788. The van der Waals surface area contributed by atoms with Crippen molar-refractivity contribution in [3.63, 3.8) is 0 Å². The molecule has 1 aromatic rings. The maximum absolute atomic E-state index is 3.56. The van der Waals surface area contributed by atoms with E-state index < -0.39 is 0 Å². The third-order valence-corrected chi connectivity index (χ3v) is 4.65. The molecule has 1 radical (unpaired) electrons. The van der Waals surface area contributed by atoms with E-state index in [1.54, 1.807) is 0 Å². The van der Waals surface area contributed by atoms with Crippen LogP contribution in [0.5, 0.6) is 0 Å². The van der Waals surface area contributed by atoms with E-state index in [4.69, 9.17) is 0 Å². The van der Waals surface area contributed by atoms with Gasteiger partial charge in [0.25, 0.3) is 0 Å². The third-order valence-electron chi connectivity index (χ3n) is 4.65. The third kappa shape index (κ3) is 2.47. The summed E-state index contributed by atoms with van der Waals surface area (Å²) >= 11 is 0. The lowest BCUT2D eigenvalue weighted by Crippen LogP contribution is -2.29. The zero-order chi connectivity index (χ0) is 12.7. The van der Waals surface area contributed by atoms with Gasteiger partial charge in [-0.3, -0.25) is 0 Å². The Morgan fingerprint density at radius 1 is 1.33 bits per heavy atom. The number of hydrogen-bond donors (Lipinski definition) is 0. The van der Waals surface area contributed by atoms with Gasteiger partial charge in [-0.2, -0.15) is 0 Å². The van der Waals surface area contributed by atoms with Crippen molar-refractivity contribution in [3.8, 4) is 0 Å². The van der Waals surface area contributed by atoms with Crippen LogP contribution in [0.4, 0.5) is 0 Å². The van der Waals surface area contributed by atoms with E-state index in [1.807, 2.05) is 0 Å². The van der Waals surface area contributed by atoms with Gasteiger partial charge in [0.1, 0.15) is 0 Å². The molecule has 3 rings (SSSR count). The minimum atomic E-state index is 0.788. The molecule has 97 valence electrons. The Kier molecular flexibility index (Phi) is 3.19. The van der Waals surface area contributed by atoms with Crippen LogP contribution in [0.15, 0.2) is 12.1 Å². The molecule has 1 nitrogen and oxygen atoms in total. The topological polar surface area (TPSA) is 3.24 Å². The normalized spacial score (nSPS) is 31.8. The van der Waals surface area contributed by atoms with Crippen molar-refractivity contribution in [2.24, 2.45) is 5.92 Å². The van der Waals surface area contributed by atoms with E-state index in [1.165, 1.54) is 49.0 Å². The highest BCUT2D eigenvalue weighted by atomic mass is 15.2. The van der Waals surface area contributed by atoms with Crippen LogP contribution in [0.1, 0.15) is 48.8 Å². The lowest BCUT2D eigenvalue weighted by Gasteiger charge is -2.20. The van der Waals surface area contributed by atoms with Crippen LogP contribution in [0.2, 0.25) is 0 Å². The Balaban J connectivity index is 1.63. The molecule has 1 heteroatoms. The molecule has 1 heterocycles. The van der Waals surface area contributed by atoms with Crippen LogP contribution in [0, 0.1) is 25.8 Å². The average Bonchev–Trinajstić information content (AvgIpc) is 2.95. The Hall–Kier alpha value is -0.820. The first kappa shape index (κ1) is 12.2. The van der Waals surface area contributed by atoms with Gasteiger partial charge >= 0.3 is 0 Å². The van der Waals surface area contributed by atoms with Crippen LogP contribution in [-0.2, 0) is 0 Å². The van der Waals surface area contributed by atoms with Crippen molar-refractivity contribution in [2.75, 3.05) is 13.1 Å². The van der Waals surface area contributed by atoms with Gasteiger partial charge < -0.3 is 4.90 Å². The molecule has 3 atom stereocenters. The number of aryl methyl sites for hydroxylation is 2. The highest BCUT2D eigenvalue weighted by Crippen LogP contribution is 2.48. The molecule has 1 aliphatic carbocycles. The van der Waals surface area contributed by atoms with Gasteiger partial charge in [-0.05, 0) is 75.6 Å². The van der Waals surface area contributed by atoms with Crippen LogP contribution in [0.3, 0.4) is 0 Å². The molecule has 1 aliphatic heterocycles. The summed E-state index contributed by atoms with van der Waals surface area (Å²) in [6, 6.07) is 8.94. The fourth-order valence-electron chi connectivity index (χ4n) is 3.52. The van der Waals surface area contributed by atoms with Crippen LogP contribution in [0.25, 0.3) is 0 Å². The first-order valence-corrected chi connectivity index (χ1v) is 7.38. The molecule has 0 amide bonds. The fraction of sp³-hybridized carbons (Fsp3) is 0.647. The smallest absolute Gasteiger partial charge is 0.00675 e. The number of likely N-dealkylation sites (tertiary alicyclic amines) is 1. The summed E-state index contributed by atoms with van der Waals surface area (Å²) < 4.78 is 0. The summed E-state index contributed by atoms with van der Waals surface area (Å²) in [5.41, 5.74) is 4.15. The molecule has 18 heavy (non-hydrogen) atoms. The molecule has 2 aliphatic rings. The predicted molar refractivity (Wildman–Crippen MR) is 75.9 cm³/mol. The van der Waals surface area contributed by atoms with E-state index >= 15 is 0 Å². The van der Waals surface area contributed by atoms with Crippen LogP contribution < -0.4 is 0 Å². The average molecular weight is 242 g/mol. The van der Waals surface area contributed by atoms with Gasteiger partial charge in [0.15, 0.2) is 0 Å². The van der Waals surface area contributed by atoms with Gasteiger partial charge in [0.05, 0.1) is 0 Å². The number of nitrogens with zero attached hydrogens (tertiary/aromatic N) is 1. The van der Waals surface area contributed by atoms with Crippen molar-refractivity contribution in [3.05, 3.63) is 34.9 Å². The summed E-state index contributed by atoms with van der Waals surface area (Å²) in [5.74, 6) is 1.68. The molecule has 1 aromatic carbocycles. The molecule has 0 unspecified atom stereocenters. The van der Waals surface area contributed by atoms with Crippen molar-refractivity contribution in [1.29, 1.82) is 0 Å². The molecule has 1 saturated carbocycles. The highest BCUT2D eigenvalue weighted by Gasteiger charge is 2.40. The molecule has 1 saturated heterocycles. The largest absolute Gasteiger partial charge is 0.300 e. The van der Waals surface area contributed by atoms with Gasteiger partial charge in [0, 0.05) is 12.6 Å². The second-order valence-corrected chi connectivity index (χ2v) is 6.38. The van der Waals surface area contributed by atoms with Gasteiger partial charge in [0.2, 0.25) is 0 Å². The monoisotopic (exact) mass is 242 g/mol. The molecule has 0 spiro atoms. The summed E-state index contributed by atoms with van der Waals surface area (Å²) in [6.45, 7) is 9.38. The van der Waals surface area contributed by atoms with Crippen molar-refractivity contribution in [1.82, 2.24) is 4.90 Å². The fourth-order valence-corrected chi connectivity index (χ4v) is 3.52. The zero-order valence-corrected chi connectivity index (χ0v) is 11.9. The van der Waals surface area contributed by atoms with E-state index in [0.29, 0.717) is 0 Å². The summed E-state index contributed by atoms with van der Waals surface area (Å²) in [6.07, 6.45) is 4.17. The van der Waals surface area contributed by atoms with Crippen LogP contribution >= 0.6 is 0 Å². The van der Waals surface area contributed by atoms with Crippen molar-refractivity contribution < 1.29 is 0 Å². The summed E-state index contributed by atoms with van der Waals surface area (Å²) in [5, 5.41) is 0. The Morgan fingerprint density at radius 2 is 2.17 bits per heavy atom. The maximum Gasteiger partial charge on any atom is 0.00675 e. The van der Waals surface area contributed by atoms with E-state index in [2.05, 4.69) is 43.9 Å². The first-order valence-electron chi connectivity index (χ1n) is 7.38. The molecular formula is C17H24N. The van der Waals surface area contributed by atoms with Gasteiger partial charge in [-0.15, -0.1) is 0 Å². The van der Waals surface area contributed by atoms with Crippen LogP contribution in [-0.4, -0.2) is 24.0 Å². The number of rotatable bonds is 3. The van der Waals surface area contributed by atoms with Crippen molar-refractivity contribution in [2.45, 2.75) is 52.0 Å². The SMILES string of the molecule is Cc1[c]c([C@H]2C[C@@H]2CN2CCC[C@@H]2C)cc(C)c1.